The van der Waals surface area contributed by atoms with Crippen LogP contribution >= 0.6 is 0 Å². The van der Waals surface area contributed by atoms with Crippen LogP contribution in [-0.2, 0) is 14.8 Å². The van der Waals surface area contributed by atoms with Gasteiger partial charge in [0, 0.05) is 24.9 Å². The second kappa shape index (κ2) is 8.38. The normalized spacial score (nSPS) is 11.4. The van der Waals surface area contributed by atoms with Crippen molar-refractivity contribution in [2.45, 2.75) is 11.8 Å². The number of sulfonamides is 1. The number of benzene rings is 2. The molecular weight excluding hydrogens is 392 g/mol. The zero-order chi connectivity index (χ0) is 21.0. The first kappa shape index (κ1) is 20.4. The number of nitrogens with one attached hydrogen (secondary N) is 1. The number of para-hydroxylation sites is 1. The first-order chi connectivity index (χ1) is 13.8. The molecule has 0 spiro atoms. The van der Waals surface area contributed by atoms with Gasteiger partial charge < -0.3 is 5.32 Å². The van der Waals surface area contributed by atoms with Crippen molar-refractivity contribution in [3.63, 3.8) is 0 Å². The number of nitrogens with zero attached hydrogens (tertiary/aromatic N) is 3. The van der Waals surface area contributed by atoms with Crippen LogP contribution in [0.3, 0.4) is 0 Å². The number of carbonyl (C=O) groups excluding carboxylic acids is 2. The van der Waals surface area contributed by atoms with Gasteiger partial charge in [0.2, 0.25) is 15.9 Å². The Morgan fingerprint density at radius 3 is 2.31 bits per heavy atom. The molecule has 9 heteroatoms. The van der Waals surface area contributed by atoms with Crippen molar-refractivity contribution in [1.82, 2.24) is 14.1 Å². The molecule has 0 aliphatic rings. The van der Waals surface area contributed by atoms with Gasteiger partial charge in [0.15, 0.2) is 11.6 Å². The molecular formula is C20H20N4O4S. The van der Waals surface area contributed by atoms with Gasteiger partial charge in [-0.05, 0) is 31.2 Å². The minimum Gasteiger partial charge on any atom is -0.308 e. The number of rotatable bonds is 7. The molecule has 0 aliphatic carbocycles. The number of likely N-dealkylation sites (N-methyl/N-ethyl adjacent to an activating group) is 1. The summed E-state index contributed by atoms with van der Waals surface area (Å²) in [5.74, 6) is -0.359. The topological polar surface area (TPSA) is 101 Å². The summed E-state index contributed by atoms with van der Waals surface area (Å²) in [5.41, 5.74) is 1.25. The largest absolute Gasteiger partial charge is 0.308 e. The van der Waals surface area contributed by atoms with Crippen LogP contribution in [0.15, 0.2) is 71.8 Å². The van der Waals surface area contributed by atoms with E-state index in [-0.39, 0.29) is 17.2 Å². The summed E-state index contributed by atoms with van der Waals surface area (Å²) in [6, 6.07) is 16.6. The van der Waals surface area contributed by atoms with Crippen LogP contribution in [0.1, 0.15) is 17.3 Å². The van der Waals surface area contributed by atoms with E-state index in [9.17, 15) is 18.0 Å². The van der Waals surface area contributed by atoms with E-state index in [1.165, 1.54) is 38.2 Å². The molecule has 2 aromatic carbocycles. The molecule has 0 unspecified atom stereocenters. The lowest BCUT2D eigenvalue weighted by Gasteiger charge is -2.16. The highest BCUT2D eigenvalue weighted by Gasteiger charge is 2.23. The third-order valence-corrected chi connectivity index (χ3v) is 6.03. The van der Waals surface area contributed by atoms with Gasteiger partial charge in [-0.3, -0.25) is 9.59 Å². The van der Waals surface area contributed by atoms with E-state index in [4.69, 9.17) is 0 Å². The second-order valence-electron chi connectivity index (χ2n) is 6.37. The number of hydrogen-bond acceptors (Lipinski definition) is 5. The fraction of sp³-hybridized carbons (Fsp3) is 0.150. The van der Waals surface area contributed by atoms with Gasteiger partial charge >= 0.3 is 0 Å². The predicted molar refractivity (Wildman–Crippen MR) is 108 cm³/mol. The lowest BCUT2D eigenvalue weighted by atomic mass is 10.2. The van der Waals surface area contributed by atoms with E-state index in [0.717, 1.165) is 9.99 Å². The summed E-state index contributed by atoms with van der Waals surface area (Å²) in [6.45, 7) is 1.02. The molecule has 0 saturated heterocycles. The van der Waals surface area contributed by atoms with E-state index in [0.29, 0.717) is 11.4 Å². The first-order valence-electron chi connectivity index (χ1n) is 8.75. The molecule has 8 nitrogen and oxygen atoms in total. The third kappa shape index (κ3) is 4.76. The Balaban J connectivity index is 1.65. The third-order valence-electron chi connectivity index (χ3n) is 4.21. The molecule has 0 fully saturated rings. The molecule has 3 rings (SSSR count). The summed E-state index contributed by atoms with van der Waals surface area (Å²) < 4.78 is 27.8. The van der Waals surface area contributed by atoms with E-state index < -0.39 is 15.9 Å². The van der Waals surface area contributed by atoms with Crippen molar-refractivity contribution in [2.75, 3.05) is 18.9 Å². The Hall–Kier alpha value is -3.30. The number of hydrogen-bond donors (Lipinski definition) is 1. The van der Waals surface area contributed by atoms with Gasteiger partial charge in [-0.15, -0.1) is 0 Å². The lowest BCUT2D eigenvalue weighted by molar-refractivity contribution is -0.116. The Bertz CT molecular complexity index is 1120. The second-order valence-corrected chi connectivity index (χ2v) is 8.42. The fourth-order valence-electron chi connectivity index (χ4n) is 2.63. The Labute approximate surface area is 168 Å². The predicted octanol–water partition coefficient (Wildman–Crippen LogP) is 2.33. The summed E-state index contributed by atoms with van der Waals surface area (Å²) in [7, 11) is -2.56. The standard InChI is InChI=1S/C20H20N4O4S/c1-15(25)16-8-10-18(11-9-16)29(27,28)23(2)14-20(26)21-19-12-13-24(22-19)17-6-4-3-5-7-17/h3-13H,14H2,1-2H3,(H,21,22,26). The average Bonchev–Trinajstić information content (AvgIpc) is 3.17. The summed E-state index contributed by atoms with van der Waals surface area (Å²) in [4.78, 5) is 23.6. The number of carbonyl (C=O) groups is 2. The number of ketones is 1. The lowest BCUT2D eigenvalue weighted by Crippen LogP contribution is -2.35. The van der Waals surface area contributed by atoms with E-state index >= 15 is 0 Å². The molecule has 0 atom stereocenters. The molecule has 1 amide bonds. The summed E-state index contributed by atoms with van der Waals surface area (Å²) in [5, 5.41) is 6.85. The highest BCUT2D eigenvalue weighted by molar-refractivity contribution is 7.89. The molecule has 3 aromatic rings. The minimum atomic E-state index is -3.87. The highest BCUT2D eigenvalue weighted by atomic mass is 32.2. The quantitative estimate of drug-likeness (QED) is 0.600. The van der Waals surface area contributed by atoms with Crippen LogP contribution < -0.4 is 5.32 Å². The maximum atomic E-state index is 12.6. The van der Waals surface area contributed by atoms with Crippen molar-refractivity contribution in [2.24, 2.45) is 0 Å². The molecule has 0 aliphatic heterocycles. The van der Waals surface area contributed by atoms with Crippen molar-refractivity contribution >= 4 is 27.5 Å². The van der Waals surface area contributed by atoms with Gasteiger partial charge in [0.25, 0.3) is 0 Å². The van der Waals surface area contributed by atoms with Crippen LogP contribution in [-0.4, -0.2) is 47.8 Å². The zero-order valence-electron chi connectivity index (χ0n) is 15.9. The van der Waals surface area contributed by atoms with E-state index in [1.807, 2.05) is 30.3 Å². The van der Waals surface area contributed by atoms with Crippen LogP contribution in [0.4, 0.5) is 5.82 Å². The maximum Gasteiger partial charge on any atom is 0.243 e. The molecule has 1 heterocycles. The van der Waals surface area contributed by atoms with Gasteiger partial charge in [-0.25, -0.2) is 13.1 Å². The monoisotopic (exact) mass is 412 g/mol. The Morgan fingerprint density at radius 1 is 1.03 bits per heavy atom. The van der Waals surface area contributed by atoms with Gasteiger partial charge in [0.05, 0.1) is 17.1 Å². The highest BCUT2D eigenvalue weighted by Crippen LogP contribution is 2.16. The smallest absolute Gasteiger partial charge is 0.243 e. The average molecular weight is 412 g/mol. The van der Waals surface area contributed by atoms with E-state index in [1.54, 1.807) is 16.9 Å². The molecule has 0 saturated carbocycles. The summed E-state index contributed by atoms with van der Waals surface area (Å²) in [6.07, 6.45) is 1.70. The number of amides is 1. The molecule has 29 heavy (non-hydrogen) atoms. The molecule has 1 aromatic heterocycles. The van der Waals surface area contributed by atoms with Crippen LogP contribution in [0.5, 0.6) is 0 Å². The molecule has 0 bridgehead atoms. The van der Waals surface area contributed by atoms with E-state index in [2.05, 4.69) is 10.4 Å². The SMILES string of the molecule is CC(=O)c1ccc(S(=O)(=O)N(C)CC(=O)Nc2ccn(-c3ccccc3)n2)cc1. The first-order valence-corrected chi connectivity index (χ1v) is 10.2. The number of aromatic nitrogens is 2. The van der Waals surface area contributed by atoms with Crippen LogP contribution in [0, 0.1) is 0 Å². The molecule has 150 valence electrons. The minimum absolute atomic E-state index is 0.00570. The molecule has 1 N–H and O–H groups in total. The van der Waals surface area contributed by atoms with Gasteiger partial charge in [0.1, 0.15) is 0 Å². The number of Topliss-reactive ketones (excluding diaryl/α,β-unsaturated/α-hetero) is 1. The van der Waals surface area contributed by atoms with Crippen molar-refractivity contribution < 1.29 is 18.0 Å². The number of anilines is 1. The Kier molecular flexibility index (Phi) is 5.90. The zero-order valence-corrected chi connectivity index (χ0v) is 16.8. The van der Waals surface area contributed by atoms with Crippen molar-refractivity contribution in [3.8, 4) is 5.69 Å². The maximum absolute atomic E-state index is 12.6. The van der Waals surface area contributed by atoms with Crippen molar-refractivity contribution in [3.05, 3.63) is 72.4 Å². The van der Waals surface area contributed by atoms with Crippen LogP contribution in [0.2, 0.25) is 0 Å². The van der Waals surface area contributed by atoms with Gasteiger partial charge in [-0.1, -0.05) is 30.3 Å². The fourth-order valence-corrected chi connectivity index (χ4v) is 3.75. The van der Waals surface area contributed by atoms with Crippen LogP contribution in [0.25, 0.3) is 5.69 Å². The Morgan fingerprint density at radius 2 is 1.69 bits per heavy atom. The van der Waals surface area contributed by atoms with Crippen molar-refractivity contribution in [1.29, 1.82) is 0 Å². The van der Waals surface area contributed by atoms with Gasteiger partial charge in [-0.2, -0.15) is 9.40 Å². The molecule has 0 radical (unpaired) electrons. The summed E-state index contributed by atoms with van der Waals surface area (Å²) >= 11 is 0.